The van der Waals surface area contributed by atoms with E-state index in [4.69, 9.17) is 4.98 Å². The Hall–Kier alpha value is -2.90. The van der Waals surface area contributed by atoms with Crippen LogP contribution in [0.25, 0.3) is 26.4 Å². The van der Waals surface area contributed by atoms with Crippen LogP contribution in [0.15, 0.2) is 48.7 Å². The molecule has 2 aromatic carbocycles. The van der Waals surface area contributed by atoms with Crippen LogP contribution in [0.5, 0.6) is 0 Å². The van der Waals surface area contributed by atoms with Crippen molar-refractivity contribution in [2.24, 2.45) is 0 Å². The molecule has 2 amide bonds. The number of hydrogen-bond acceptors (Lipinski definition) is 4. The molecular formula is C23H27N5OS. The number of fused-ring (bicyclic) bond motifs is 3. The molecule has 0 fully saturated rings. The van der Waals surface area contributed by atoms with Gasteiger partial charge in [0.2, 0.25) is 0 Å². The molecule has 0 saturated carbocycles. The highest BCUT2D eigenvalue weighted by Crippen LogP contribution is 2.31. The highest BCUT2D eigenvalue weighted by atomic mass is 32.1. The van der Waals surface area contributed by atoms with Gasteiger partial charge in [0.1, 0.15) is 0 Å². The van der Waals surface area contributed by atoms with Gasteiger partial charge in [0.05, 0.1) is 15.9 Å². The van der Waals surface area contributed by atoms with Crippen molar-refractivity contribution in [3.63, 3.8) is 0 Å². The molecule has 2 heterocycles. The molecule has 0 aliphatic rings. The first-order valence-corrected chi connectivity index (χ1v) is 11.1. The SMILES string of the molecule is CCN(CC)CCNC(=O)Nc1ccc2c(c1)sc1nc(-c3cccc(C)c3)cn12. The van der Waals surface area contributed by atoms with Gasteiger partial charge >= 0.3 is 6.03 Å². The van der Waals surface area contributed by atoms with Crippen molar-refractivity contribution < 1.29 is 4.79 Å². The fourth-order valence-electron chi connectivity index (χ4n) is 3.57. The van der Waals surface area contributed by atoms with Crippen molar-refractivity contribution in [2.45, 2.75) is 20.8 Å². The molecule has 30 heavy (non-hydrogen) atoms. The van der Waals surface area contributed by atoms with Crippen LogP contribution in [-0.4, -0.2) is 46.5 Å². The normalized spacial score (nSPS) is 11.5. The minimum atomic E-state index is -0.176. The zero-order chi connectivity index (χ0) is 21.1. The van der Waals surface area contributed by atoms with Crippen LogP contribution in [0, 0.1) is 6.92 Å². The summed E-state index contributed by atoms with van der Waals surface area (Å²) >= 11 is 1.62. The van der Waals surface area contributed by atoms with Crippen LogP contribution in [0.4, 0.5) is 10.5 Å². The van der Waals surface area contributed by atoms with E-state index in [0.717, 1.165) is 51.8 Å². The van der Waals surface area contributed by atoms with Crippen molar-refractivity contribution >= 4 is 38.2 Å². The maximum absolute atomic E-state index is 12.2. The predicted molar refractivity (Wildman–Crippen MR) is 126 cm³/mol. The lowest BCUT2D eigenvalue weighted by Gasteiger charge is -2.18. The minimum absolute atomic E-state index is 0.176. The number of urea groups is 1. The number of rotatable bonds is 7. The number of imidazole rings is 1. The second-order valence-corrected chi connectivity index (χ2v) is 8.35. The Morgan fingerprint density at radius 3 is 2.77 bits per heavy atom. The van der Waals surface area contributed by atoms with Crippen LogP contribution >= 0.6 is 11.3 Å². The first kappa shape index (κ1) is 20.4. The largest absolute Gasteiger partial charge is 0.337 e. The smallest absolute Gasteiger partial charge is 0.319 e. The third-order valence-electron chi connectivity index (χ3n) is 5.27. The standard InChI is InChI=1S/C23H27N5OS/c1-4-27(5-2)12-11-24-22(29)25-18-9-10-20-21(14-18)30-23-26-19(15-28(20)23)17-8-6-7-16(3)13-17/h6-10,13-15H,4-5,11-12H2,1-3H3,(H2,24,25,29). The predicted octanol–water partition coefficient (Wildman–Crippen LogP) is 4.99. The summed E-state index contributed by atoms with van der Waals surface area (Å²) in [6, 6.07) is 14.2. The van der Waals surface area contributed by atoms with Crippen LogP contribution < -0.4 is 10.6 Å². The molecule has 2 aromatic heterocycles. The molecule has 0 saturated heterocycles. The lowest BCUT2D eigenvalue weighted by Crippen LogP contribution is -2.36. The summed E-state index contributed by atoms with van der Waals surface area (Å²) in [7, 11) is 0. The maximum atomic E-state index is 12.2. The zero-order valence-corrected chi connectivity index (χ0v) is 18.4. The highest BCUT2D eigenvalue weighted by Gasteiger charge is 2.12. The molecule has 0 spiro atoms. The fraction of sp³-hybridized carbons (Fsp3) is 0.304. The van der Waals surface area contributed by atoms with Gasteiger partial charge in [-0.05, 0) is 44.3 Å². The van der Waals surface area contributed by atoms with Gasteiger partial charge in [-0.1, -0.05) is 48.9 Å². The Bertz CT molecular complexity index is 1170. The number of nitrogens with one attached hydrogen (secondary N) is 2. The van der Waals surface area contributed by atoms with E-state index in [1.54, 1.807) is 11.3 Å². The van der Waals surface area contributed by atoms with E-state index < -0.39 is 0 Å². The van der Waals surface area contributed by atoms with E-state index in [2.05, 4.69) is 71.2 Å². The van der Waals surface area contributed by atoms with Gasteiger partial charge in [0, 0.05) is 30.5 Å². The van der Waals surface area contributed by atoms with Crippen molar-refractivity contribution in [3.8, 4) is 11.3 Å². The van der Waals surface area contributed by atoms with E-state index in [1.165, 1.54) is 5.56 Å². The number of carbonyl (C=O) groups is 1. The number of hydrogen-bond donors (Lipinski definition) is 2. The lowest BCUT2D eigenvalue weighted by atomic mass is 10.1. The van der Waals surface area contributed by atoms with Gasteiger partial charge < -0.3 is 15.5 Å². The number of aromatic nitrogens is 2. The summed E-state index contributed by atoms with van der Waals surface area (Å²) in [6.07, 6.45) is 2.08. The number of likely N-dealkylation sites (N-methyl/N-ethyl adjacent to an activating group) is 1. The molecule has 7 heteroatoms. The number of carbonyl (C=O) groups excluding carboxylic acids is 1. The first-order valence-electron chi connectivity index (χ1n) is 10.3. The van der Waals surface area contributed by atoms with Crippen LogP contribution in [-0.2, 0) is 0 Å². The Balaban J connectivity index is 1.47. The Morgan fingerprint density at radius 2 is 2.00 bits per heavy atom. The Morgan fingerprint density at radius 1 is 1.17 bits per heavy atom. The summed E-state index contributed by atoms with van der Waals surface area (Å²) < 4.78 is 3.21. The van der Waals surface area contributed by atoms with Gasteiger partial charge in [0.25, 0.3) is 0 Å². The zero-order valence-electron chi connectivity index (χ0n) is 17.6. The van der Waals surface area contributed by atoms with Gasteiger partial charge in [-0.15, -0.1) is 0 Å². The average molecular weight is 422 g/mol. The molecule has 156 valence electrons. The molecule has 0 radical (unpaired) electrons. The highest BCUT2D eigenvalue weighted by molar-refractivity contribution is 7.23. The second-order valence-electron chi connectivity index (χ2n) is 7.34. The van der Waals surface area contributed by atoms with Gasteiger partial charge in [-0.25, -0.2) is 9.78 Å². The second kappa shape index (κ2) is 8.85. The van der Waals surface area contributed by atoms with Crippen LogP contribution in [0.3, 0.4) is 0 Å². The van der Waals surface area contributed by atoms with Crippen LogP contribution in [0.2, 0.25) is 0 Å². The number of amides is 2. The molecule has 6 nitrogen and oxygen atoms in total. The summed E-state index contributed by atoms with van der Waals surface area (Å²) in [5, 5.41) is 5.86. The Labute approximate surface area is 180 Å². The monoisotopic (exact) mass is 421 g/mol. The first-order chi connectivity index (χ1) is 14.6. The molecule has 0 aliphatic carbocycles. The van der Waals surface area contributed by atoms with Crippen molar-refractivity contribution in [3.05, 3.63) is 54.2 Å². The number of benzene rings is 2. The van der Waals surface area contributed by atoms with Gasteiger partial charge in [0.15, 0.2) is 4.96 Å². The molecule has 4 aromatic rings. The van der Waals surface area contributed by atoms with Crippen LogP contribution in [0.1, 0.15) is 19.4 Å². The summed E-state index contributed by atoms with van der Waals surface area (Å²) in [5.74, 6) is 0. The number of aryl methyl sites for hydroxylation is 1. The van der Waals surface area contributed by atoms with Crippen molar-refractivity contribution in [1.82, 2.24) is 19.6 Å². The van der Waals surface area contributed by atoms with E-state index >= 15 is 0 Å². The fourth-order valence-corrected chi connectivity index (χ4v) is 4.61. The topological polar surface area (TPSA) is 61.7 Å². The van der Waals surface area contributed by atoms with Crippen molar-refractivity contribution in [1.29, 1.82) is 0 Å². The van der Waals surface area contributed by atoms with E-state index in [1.807, 2.05) is 18.2 Å². The molecule has 4 rings (SSSR count). The molecule has 0 bridgehead atoms. The average Bonchev–Trinajstić information content (AvgIpc) is 3.29. The van der Waals surface area contributed by atoms with E-state index in [0.29, 0.717) is 6.54 Å². The molecule has 2 N–H and O–H groups in total. The number of nitrogens with zero attached hydrogens (tertiary/aromatic N) is 3. The molecule has 0 atom stereocenters. The third-order valence-corrected chi connectivity index (χ3v) is 6.29. The van der Waals surface area contributed by atoms with Gasteiger partial charge in [-0.3, -0.25) is 4.40 Å². The van der Waals surface area contributed by atoms with Gasteiger partial charge in [-0.2, -0.15) is 0 Å². The summed E-state index contributed by atoms with van der Waals surface area (Å²) in [5.41, 5.74) is 5.19. The molecular weight excluding hydrogens is 394 g/mol. The Kier molecular flexibility index (Phi) is 6.01. The molecule has 0 unspecified atom stereocenters. The number of thiazole rings is 1. The summed E-state index contributed by atoms with van der Waals surface area (Å²) in [4.78, 5) is 20.2. The van der Waals surface area contributed by atoms with E-state index in [9.17, 15) is 4.79 Å². The quantitative estimate of drug-likeness (QED) is 0.442. The lowest BCUT2D eigenvalue weighted by molar-refractivity contribution is 0.248. The summed E-state index contributed by atoms with van der Waals surface area (Å²) in [6.45, 7) is 9.80. The third kappa shape index (κ3) is 4.32. The minimum Gasteiger partial charge on any atom is -0.337 e. The molecule has 0 aliphatic heterocycles. The van der Waals surface area contributed by atoms with Crippen molar-refractivity contribution in [2.75, 3.05) is 31.5 Å². The van der Waals surface area contributed by atoms with E-state index in [-0.39, 0.29) is 6.03 Å². The maximum Gasteiger partial charge on any atom is 0.319 e. The number of anilines is 1.